The first-order valence-corrected chi connectivity index (χ1v) is 6.94. The Morgan fingerprint density at radius 1 is 1.50 bits per heavy atom. The molecule has 0 bridgehead atoms. The van der Waals surface area contributed by atoms with Crippen molar-refractivity contribution in [3.8, 4) is 6.07 Å². The molecule has 5 heteroatoms. The summed E-state index contributed by atoms with van der Waals surface area (Å²) in [7, 11) is 0. The van der Waals surface area contributed by atoms with Crippen molar-refractivity contribution < 1.29 is 4.79 Å². The lowest BCUT2D eigenvalue weighted by Gasteiger charge is -2.04. The number of carbonyl (C=O) groups excluding carboxylic acids is 1. The van der Waals surface area contributed by atoms with E-state index in [9.17, 15) is 4.79 Å². The minimum Gasteiger partial charge on any atom is -0.315 e. The molecule has 2 rings (SSSR count). The summed E-state index contributed by atoms with van der Waals surface area (Å²) >= 11 is 1.46. The molecule has 0 spiro atoms. The van der Waals surface area contributed by atoms with Gasteiger partial charge in [-0.2, -0.15) is 5.26 Å². The number of carbonyl (C=O) groups is 1. The predicted octanol–water partition coefficient (Wildman–Crippen LogP) is 2.17. The van der Waals surface area contributed by atoms with Gasteiger partial charge in [-0.1, -0.05) is 0 Å². The highest BCUT2D eigenvalue weighted by Gasteiger charge is 2.21. The van der Waals surface area contributed by atoms with Gasteiger partial charge in [0.15, 0.2) is 0 Å². The van der Waals surface area contributed by atoms with Crippen LogP contribution in [0.3, 0.4) is 0 Å². The third kappa shape index (κ3) is 3.09. The minimum absolute atomic E-state index is 0.0756. The maximum absolute atomic E-state index is 11.7. The Balaban J connectivity index is 1.89. The molecule has 18 heavy (non-hydrogen) atoms. The lowest BCUT2D eigenvalue weighted by atomic mass is 10.2. The van der Waals surface area contributed by atoms with Crippen molar-refractivity contribution in [1.82, 2.24) is 5.32 Å². The van der Waals surface area contributed by atoms with E-state index in [0.717, 1.165) is 22.9 Å². The molecule has 0 aliphatic heterocycles. The van der Waals surface area contributed by atoms with Gasteiger partial charge in [-0.25, -0.2) is 0 Å². The average molecular weight is 263 g/mol. The van der Waals surface area contributed by atoms with Gasteiger partial charge >= 0.3 is 0 Å². The van der Waals surface area contributed by atoms with Gasteiger partial charge in [-0.3, -0.25) is 4.79 Å². The first-order valence-electron chi connectivity index (χ1n) is 6.12. The zero-order valence-electron chi connectivity index (χ0n) is 10.7. The number of amides is 1. The molecule has 1 heterocycles. The van der Waals surface area contributed by atoms with Crippen LogP contribution in [0.2, 0.25) is 0 Å². The second-order valence-corrected chi connectivity index (χ2v) is 5.95. The number of nitriles is 1. The Labute approximate surface area is 111 Å². The molecule has 1 amide bonds. The van der Waals surface area contributed by atoms with Crippen molar-refractivity contribution in [2.45, 2.75) is 26.7 Å². The number of hydrogen-bond donors (Lipinski definition) is 2. The largest absolute Gasteiger partial charge is 0.315 e. The first kappa shape index (κ1) is 13.1. The van der Waals surface area contributed by atoms with E-state index in [1.54, 1.807) is 0 Å². The molecule has 2 N–H and O–H groups in total. The summed E-state index contributed by atoms with van der Waals surface area (Å²) in [4.78, 5) is 12.8. The van der Waals surface area contributed by atoms with Crippen molar-refractivity contribution >= 4 is 22.2 Å². The van der Waals surface area contributed by atoms with Crippen LogP contribution in [0.4, 0.5) is 5.00 Å². The van der Waals surface area contributed by atoms with Crippen LogP contribution in [-0.2, 0) is 4.79 Å². The van der Waals surface area contributed by atoms with E-state index in [0.29, 0.717) is 17.1 Å². The van der Waals surface area contributed by atoms with E-state index in [2.05, 4.69) is 16.7 Å². The van der Waals surface area contributed by atoms with Gasteiger partial charge in [-0.05, 0) is 44.7 Å². The monoisotopic (exact) mass is 263 g/mol. The summed E-state index contributed by atoms with van der Waals surface area (Å²) < 4.78 is 0. The standard InChI is InChI=1S/C13H17N3OS/c1-8-9(2)18-13(11(8)5-14)16-12(17)7-15-6-10-3-4-10/h10,15H,3-4,6-7H2,1-2H3,(H,16,17). The summed E-state index contributed by atoms with van der Waals surface area (Å²) in [6.07, 6.45) is 2.55. The topological polar surface area (TPSA) is 64.9 Å². The number of aryl methyl sites for hydroxylation is 1. The molecule has 0 aromatic carbocycles. The molecule has 1 fully saturated rings. The maximum atomic E-state index is 11.7. The van der Waals surface area contributed by atoms with Crippen molar-refractivity contribution in [2.24, 2.45) is 5.92 Å². The van der Waals surface area contributed by atoms with Crippen LogP contribution in [0, 0.1) is 31.1 Å². The molecule has 96 valence electrons. The molecule has 1 aliphatic rings. The third-order valence-electron chi connectivity index (χ3n) is 3.17. The number of nitrogens with one attached hydrogen (secondary N) is 2. The smallest absolute Gasteiger partial charge is 0.238 e. The van der Waals surface area contributed by atoms with Gasteiger partial charge in [0.2, 0.25) is 5.91 Å². The average Bonchev–Trinajstić information content (AvgIpc) is 3.09. The predicted molar refractivity (Wildman–Crippen MR) is 72.7 cm³/mol. The lowest BCUT2D eigenvalue weighted by molar-refractivity contribution is -0.115. The quantitative estimate of drug-likeness (QED) is 0.855. The highest BCUT2D eigenvalue weighted by molar-refractivity contribution is 7.16. The number of anilines is 1. The van der Waals surface area contributed by atoms with Crippen molar-refractivity contribution in [1.29, 1.82) is 5.26 Å². The summed E-state index contributed by atoms with van der Waals surface area (Å²) in [6, 6.07) is 2.15. The van der Waals surface area contributed by atoms with E-state index < -0.39 is 0 Å². The second kappa shape index (κ2) is 5.51. The van der Waals surface area contributed by atoms with Crippen LogP contribution in [0.5, 0.6) is 0 Å². The summed E-state index contributed by atoms with van der Waals surface area (Å²) in [5.41, 5.74) is 1.55. The zero-order valence-corrected chi connectivity index (χ0v) is 11.5. The first-order chi connectivity index (χ1) is 8.61. The lowest BCUT2D eigenvalue weighted by Crippen LogP contribution is -2.29. The molecule has 0 radical (unpaired) electrons. The van der Waals surface area contributed by atoms with Gasteiger partial charge in [-0.15, -0.1) is 11.3 Å². The van der Waals surface area contributed by atoms with Gasteiger partial charge in [0.05, 0.1) is 12.1 Å². The highest BCUT2D eigenvalue weighted by atomic mass is 32.1. The van der Waals surface area contributed by atoms with Crippen molar-refractivity contribution in [3.05, 3.63) is 16.0 Å². The maximum Gasteiger partial charge on any atom is 0.238 e. The fourth-order valence-electron chi connectivity index (χ4n) is 1.73. The SMILES string of the molecule is Cc1sc(NC(=O)CNCC2CC2)c(C#N)c1C. The molecule has 0 unspecified atom stereocenters. The van der Waals surface area contributed by atoms with Crippen LogP contribution in [0.25, 0.3) is 0 Å². The van der Waals surface area contributed by atoms with Gasteiger partial charge in [0.1, 0.15) is 11.1 Å². The second-order valence-electron chi connectivity index (χ2n) is 4.72. The number of hydrogen-bond acceptors (Lipinski definition) is 4. The van der Waals surface area contributed by atoms with Gasteiger partial charge in [0, 0.05) is 4.88 Å². The van der Waals surface area contributed by atoms with Crippen LogP contribution >= 0.6 is 11.3 Å². The summed E-state index contributed by atoms with van der Waals surface area (Å²) in [6.45, 7) is 5.10. The molecule has 0 saturated heterocycles. The van der Waals surface area contributed by atoms with E-state index in [-0.39, 0.29) is 5.91 Å². The molecule has 0 atom stereocenters. The number of rotatable bonds is 5. The molecular formula is C13H17N3OS. The van der Waals surface area contributed by atoms with Crippen LogP contribution in [0.1, 0.15) is 28.8 Å². The highest BCUT2D eigenvalue weighted by Crippen LogP contribution is 2.31. The number of nitrogens with zero attached hydrogens (tertiary/aromatic N) is 1. The Morgan fingerprint density at radius 3 is 2.83 bits per heavy atom. The normalized spacial score (nSPS) is 14.3. The Bertz CT molecular complexity index is 497. The molecular weight excluding hydrogens is 246 g/mol. The fraction of sp³-hybridized carbons (Fsp3) is 0.538. The third-order valence-corrected chi connectivity index (χ3v) is 4.29. The molecule has 1 aliphatic carbocycles. The summed E-state index contributed by atoms with van der Waals surface area (Å²) in [5, 5.41) is 15.7. The van der Waals surface area contributed by atoms with E-state index in [1.807, 2.05) is 13.8 Å². The summed E-state index contributed by atoms with van der Waals surface area (Å²) in [5.74, 6) is 0.687. The van der Waals surface area contributed by atoms with E-state index in [1.165, 1.54) is 24.2 Å². The fourth-order valence-corrected chi connectivity index (χ4v) is 2.76. The van der Waals surface area contributed by atoms with E-state index >= 15 is 0 Å². The van der Waals surface area contributed by atoms with Gasteiger partial charge in [0.25, 0.3) is 0 Å². The molecule has 4 nitrogen and oxygen atoms in total. The minimum atomic E-state index is -0.0756. The Kier molecular flexibility index (Phi) is 4.00. The van der Waals surface area contributed by atoms with Crippen molar-refractivity contribution in [3.63, 3.8) is 0 Å². The van der Waals surface area contributed by atoms with Crippen LogP contribution in [0.15, 0.2) is 0 Å². The van der Waals surface area contributed by atoms with Crippen molar-refractivity contribution in [2.75, 3.05) is 18.4 Å². The van der Waals surface area contributed by atoms with Crippen LogP contribution in [-0.4, -0.2) is 19.0 Å². The van der Waals surface area contributed by atoms with Crippen LogP contribution < -0.4 is 10.6 Å². The molecule has 1 aromatic heterocycles. The Hall–Kier alpha value is -1.38. The van der Waals surface area contributed by atoms with E-state index in [4.69, 9.17) is 5.26 Å². The molecule has 1 aromatic rings. The zero-order chi connectivity index (χ0) is 13.1. The van der Waals surface area contributed by atoms with Gasteiger partial charge < -0.3 is 10.6 Å². The number of thiophene rings is 1. The Morgan fingerprint density at radius 2 is 2.22 bits per heavy atom. The molecule has 1 saturated carbocycles.